The van der Waals surface area contributed by atoms with Gasteiger partial charge in [-0.3, -0.25) is 19.5 Å². The summed E-state index contributed by atoms with van der Waals surface area (Å²) in [4.78, 5) is 32.0. The molecule has 3 aromatic rings. The van der Waals surface area contributed by atoms with E-state index in [1.54, 1.807) is 10.7 Å². The summed E-state index contributed by atoms with van der Waals surface area (Å²) in [5, 5.41) is 7.11. The highest BCUT2D eigenvalue weighted by atomic mass is 32.1. The summed E-state index contributed by atoms with van der Waals surface area (Å²) >= 11 is 1.42. The number of thiazole rings is 1. The fourth-order valence-corrected chi connectivity index (χ4v) is 4.74. The number of amides is 2. The lowest BCUT2D eigenvalue weighted by molar-refractivity contribution is -0.120. The number of nitrogens with one attached hydrogen (secondary N) is 1. The maximum atomic E-state index is 12.3. The molecule has 1 saturated heterocycles. The molecule has 0 bridgehead atoms. The van der Waals surface area contributed by atoms with Crippen molar-refractivity contribution in [2.24, 2.45) is 11.1 Å². The Balaban J connectivity index is 1.54. The SMILES string of the molecule is Cc1ncc(NC(=O)CN2CC(C)(C)C2)cc1-c1cn2ncc(C(N)=O)c2s1. The van der Waals surface area contributed by atoms with Crippen LogP contribution in [0.1, 0.15) is 29.9 Å². The smallest absolute Gasteiger partial charge is 0.253 e. The molecule has 2 amide bonds. The molecule has 0 aromatic carbocycles. The Hall–Kier alpha value is -2.78. The lowest BCUT2D eigenvalue weighted by Crippen LogP contribution is -2.54. The number of pyridine rings is 1. The van der Waals surface area contributed by atoms with E-state index in [1.807, 2.05) is 19.2 Å². The van der Waals surface area contributed by atoms with E-state index in [9.17, 15) is 9.59 Å². The zero-order valence-electron chi connectivity index (χ0n) is 16.0. The van der Waals surface area contributed by atoms with E-state index < -0.39 is 5.91 Å². The van der Waals surface area contributed by atoms with Crippen molar-refractivity contribution in [3.05, 3.63) is 35.9 Å². The molecule has 0 atom stereocenters. The molecular formula is C19H22N6O2S. The monoisotopic (exact) mass is 398 g/mol. The van der Waals surface area contributed by atoms with Gasteiger partial charge in [0.1, 0.15) is 4.83 Å². The van der Waals surface area contributed by atoms with Gasteiger partial charge in [-0.15, -0.1) is 11.3 Å². The van der Waals surface area contributed by atoms with Gasteiger partial charge in [-0.05, 0) is 18.4 Å². The molecule has 0 saturated carbocycles. The lowest BCUT2D eigenvalue weighted by Gasteiger charge is -2.45. The first-order chi connectivity index (χ1) is 13.2. The van der Waals surface area contributed by atoms with Gasteiger partial charge in [0.2, 0.25) is 5.91 Å². The number of anilines is 1. The average Bonchev–Trinajstić information content (AvgIpc) is 3.14. The van der Waals surface area contributed by atoms with Crippen LogP contribution in [0.3, 0.4) is 0 Å². The Morgan fingerprint density at radius 2 is 2.07 bits per heavy atom. The van der Waals surface area contributed by atoms with Gasteiger partial charge in [0, 0.05) is 30.5 Å². The first-order valence-electron chi connectivity index (χ1n) is 8.98. The molecule has 4 heterocycles. The quantitative estimate of drug-likeness (QED) is 0.685. The Morgan fingerprint density at radius 1 is 1.32 bits per heavy atom. The highest BCUT2D eigenvalue weighted by Gasteiger charge is 2.34. The molecule has 4 rings (SSSR count). The molecule has 3 aromatic heterocycles. The van der Waals surface area contributed by atoms with Crippen LogP contribution in [-0.4, -0.2) is 50.9 Å². The van der Waals surface area contributed by atoms with Crippen LogP contribution in [0.5, 0.6) is 0 Å². The molecule has 1 aliphatic heterocycles. The molecule has 0 radical (unpaired) electrons. The maximum Gasteiger partial charge on any atom is 0.253 e. The Kier molecular flexibility index (Phi) is 4.43. The van der Waals surface area contributed by atoms with Gasteiger partial charge < -0.3 is 11.1 Å². The number of carbonyl (C=O) groups excluding carboxylic acids is 2. The number of hydrogen-bond acceptors (Lipinski definition) is 6. The van der Waals surface area contributed by atoms with E-state index in [1.165, 1.54) is 17.5 Å². The van der Waals surface area contributed by atoms with Crippen molar-refractivity contribution in [1.82, 2.24) is 19.5 Å². The van der Waals surface area contributed by atoms with E-state index in [-0.39, 0.29) is 5.91 Å². The van der Waals surface area contributed by atoms with Gasteiger partial charge in [-0.2, -0.15) is 5.10 Å². The van der Waals surface area contributed by atoms with E-state index in [2.05, 4.69) is 34.1 Å². The number of primary amides is 1. The van der Waals surface area contributed by atoms with E-state index in [0.29, 0.717) is 28.0 Å². The number of aromatic nitrogens is 3. The van der Waals surface area contributed by atoms with Crippen molar-refractivity contribution < 1.29 is 9.59 Å². The number of nitrogens with two attached hydrogens (primary N) is 1. The van der Waals surface area contributed by atoms with Gasteiger partial charge in [-0.1, -0.05) is 13.8 Å². The number of rotatable bonds is 5. The molecule has 146 valence electrons. The van der Waals surface area contributed by atoms with Crippen molar-refractivity contribution in [3.8, 4) is 10.4 Å². The van der Waals surface area contributed by atoms with Crippen LogP contribution in [0, 0.1) is 12.3 Å². The molecule has 8 nitrogen and oxygen atoms in total. The molecule has 1 aliphatic rings. The topological polar surface area (TPSA) is 106 Å². The predicted molar refractivity (Wildman–Crippen MR) is 108 cm³/mol. The minimum absolute atomic E-state index is 0.0518. The first kappa shape index (κ1) is 18.6. The summed E-state index contributed by atoms with van der Waals surface area (Å²) in [7, 11) is 0. The fourth-order valence-electron chi connectivity index (χ4n) is 3.61. The highest BCUT2D eigenvalue weighted by Crippen LogP contribution is 2.33. The molecule has 1 fully saturated rings. The van der Waals surface area contributed by atoms with Gasteiger partial charge in [0.25, 0.3) is 5.91 Å². The summed E-state index contributed by atoms with van der Waals surface area (Å²) in [5.41, 5.74) is 8.44. The van der Waals surface area contributed by atoms with E-state index in [4.69, 9.17) is 5.73 Å². The third-order valence-corrected chi connectivity index (χ3v) is 5.91. The van der Waals surface area contributed by atoms with E-state index in [0.717, 1.165) is 29.2 Å². The lowest BCUT2D eigenvalue weighted by atomic mass is 9.84. The highest BCUT2D eigenvalue weighted by molar-refractivity contribution is 7.21. The summed E-state index contributed by atoms with van der Waals surface area (Å²) in [5.74, 6) is -0.558. The van der Waals surface area contributed by atoms with Crippen molar-refractivity contribution in [1.29, 1.82) is 0 Å². The molecule has 0 aliphatic carbocycles. The minimum Gasteiger partial charge on any atom is -0.365 e. The summed E-state index contributed by atoms with van der Waals surface area (Å²) in [6, 6.07) is 1.90. The van der Waals surface area contributed by atoms with Gasteiger partial charge in [0.15, 0.2) is 0 Å². The number of nitrogens with zero attached hydrogens (tertiary/aromatic N) is 4. The minimum atomic E-state index is -0.506. The molecule has 3 N–H and O–H groups in total. The third-order valence-electron chi connectivity index (χ3n) is 4.77. The Labute approximate surface area is 166 Å². The standard InChI is InChI=1S/C19H22N6O2S/c1-11-13(15-7-25-18(28-15)14(6-22-25)17(20)27)4-12(5-21-11)23-16(26)8-24-9-19(2,3)10-24/h4-7H,8-10H2,1-3H3,(H2,20,27)(H,23,26). The van der Waals surface area contributed by atoms with Crippen LogP contribution in [0.2, 0.25) is 0 Å². The number of fused-ring (bicyclic) bond motifs is 1. The fraction of sp³-hybridized carbons (Fsp3) is 0.368. The maximum absolute atomic E-state index is 12.3. The van der Waals surface area contributed by atoms with Crippen molar-refractivity contribution in [3.63, 3.8) is 0 Å². The van der Waals surface area contributed by atoms with Crippen LogP contribution < -0.4 is 11.1 Å². The van der Waals surface area contributed by atoms with Crippen LogP contribution >= 0.6 is 11.3 Å². The number of hydrogen-bond donors (Lipinski definition) is 2. The Bertz CT molecular complexity index is 1080. The van der Waals surface area contributed by atoms with Crippen LogP contribution in [0.25, 0.3) is 15.3 Å². The normalized spacial score (nSPS) is 16.1. The molecular weight excluding hydrogens is 376 g/mol. The largest absolute Gasteiger partial charge is 0.365 e. The van der Waals surface area contributed by atoms with Gasteiger partial charge in [-0.25, -0.2) is 4.52 Å². The predicted octanol–water partition coefficient (Wildman–Crippen LogP) is 2.15. The average molecular weight is 398 g/mol. The third kappa shape index (κ3) is 3.50. The summed E-state index contributed by atoms with van der Waals surface area (Å²) in [6.45, 7) is 8.52. The van der Waals surface area contributed by atoms with Crippen molar-refractivity contribution >= 4 is 33.7 Å². The summed E-state index contributed by atoms with van der Waals surface area (Å²) < 4.78 is 1.64. The summed E-state index contributed by atoms with van der Waals surface area (Å²) in [6.07, 6.45) is 4.96. The first-order valence-corrected chi connectivity index (χ1v) is 9.80. The van der Waals surface area contributed by atoms with Crippen LogP contribution in [-0.2, 0) is 4.79 Å². The number of likely N-dealkylation sites (tertiary alicyclic amines) is 1. The second-order valence-corrected chi connectivity index (χ2v) is 9.01. The van der Waals surface area contributed by atoms with Crippen molar-refractivity contribution in [2.75, 3.05) is 25.0 Å². The number of aryl methyl sites for hydroxylation is 1. The number of carbonyl (C=O) groups is 2. The van der Waals surface area contributed by atoms with Crippen LogP contribution in [0.15, 0.2) is 24.7 Å². The molecule has 0 spiro atoms. The molecule has 9 heteroatoms. The second-order valence-electron chi connectivity index (χ2n) is 7.98. The van der Waals surface area contributed by atoms with Crippen molar-refractivity contribution in [2.45, 2.75) is 20.8 Å². The van der Waals surface area contributed by atoms with Crippen LogP contribution in [0.4, 0.5) is 5.69 Å². The zero-order valence-corrected chi connectivity index (χ0v) is 16.8. The second kappa shape index (κ2) is 6.68. The van der Waals surface area contributed by atoms with Gasteiger partial charge >= 0.3 is 0 Å². The van der Waals surface area contributed by atoms with E-state index >= 15 is 0 Å². The van der Waals surface area contributed by atoms with Gasteiger partial charge in [0.05, 0.1) is 35.1 Å². The molecule has 28 heavy (non-hydrogen) atoms. The molecule has 0 unspecified atom stereocenters. The Morgan fingerprint density at radius 3 is 2.75 bits per heavy atom. The zero-order chi connectivity index (χ0) is 20.1.